The van der Waals surface area contributed by atoms with Crippen LogP contribution in [0.3, 0.4) is 0 Å². The van der Waals surface area contributed by atoms with Gasteiger partial charge in [-0.3, -0.25) is 4.79 Å². The molecule has 3 aromatic rings. The van der Waals surface area contributed by atoms with Crippen LogP contribution < -0.4 is 5.32 Å². The number of carbonyl (C=O) groups excluding carboxylic acids is 1. The molecule has 1 amide bonds. The molecule has 1 aromatic heterocycles. The van der Waals surface area contributed by atoms with E-state index in [1.54, 1.807) is 24.3 Å². The van der Waals surface area contributed by atoms with Crippen LogP contribution in [0.1, 0.15) is 16.1 Å². The van der Waals surface area contributed by atoms with Crippen molar-refractivity contribution in [3.8, 4) is 0 Å². The first-order valence-electron chi connectivity index (χ1n) is 7.85. The molecule has 0 saturated carbocycles. The maximum atomic E-state index is 13.6. The van der Waals surface area contributed by atoms with Gasteiger partial charge in [0.15, 0.2) is 21.3 Å². The van der Waals surface area contributed by atoms with Gasteiger partial charge in [0.05, 0.1) is 10.6 Å². The topological polar surface area (TPSA) is 76.1 Å². The standard InChI is InChI=1S/C19H14ClFN2O3S/c20-16-5-2-1-4-13(16)12-27(25,26)15-9-7-14(8-10-15)23-19(24)18-17(21)6-3-11-22-18/h1-11H,12H2,(H,23,24). The fourth-order valence-electron chi connectivity index (χ4n) is 2.39. The fraction of sp³-hybridized carbons (Fsp3) is 0.0526. The van der Waals surface area contributed by atoms with E-state index >= 15 is 0 Å². The molecule has 8 heteroatoms. The Bertz CT molecular complexity index is 1090. The summed E-state index contributed by atoms with van der Waals surface area (Å²) in [5.74, 6) is -1.70. The van der Waals surface area contributed by atoms with E-state index in [4.69, 9.17) is 11.6 Å². The van der Waals surface area contributed by atoms with Gasteiger partial charge in [0, 0.05) is 16.9 Å². The van der Waals surface area contributed by atoms with Crippen molar-refractivity contribution in [3.63, 3.8) is 0 Å². The summed E-state index contributed by atoms with van der Waals surface area (Å²) in [6.45, 7) is 0. The van der Waals surface area contributed by atoms with Crippen LogP contribution in [0.25, 0.3) is 0 Å². The second kappa shape index (κ2) is 7.85. The van der Waals surface area contributed by atoms with E-state index in [0.29, 0.717) is 16.3 Å². The normalized spacial score (nSPS) is 11.2. The number of benzene rings is 2. The number of rotatable bonds is 5. The molecule has 0 saturated heterocycles. The lowest BCUT2D eigenvalue weighted by Crippen LogP contribution is -2.15. The van der Waals surface area contributed by atoms with E-state index in [9.17, 15) is 17.6 Å². The van der Waals surface area contributed by atoms with Crippen LogP contribution in [0, 0.1) is 5.82 Å². The molecule has 3 rings (SSSR count). The van der Waals surface area contributed by atoms with Crippen LogP contribution in [-0.4, -0.2) is 19.3 Å². The predicted molar refractivity (Wildman–Crippen MR) is 101 cm³/mol. The summed E-state index contributed by atoms with van der Waals surface area (Å²) >= 11 is 6.02. The molecule has 5 nitrogen and oxygen atoms in total. The number of aromatic nitrogens is 1. The smallest absolute Gasteiger partial charge is 0.277 e. The zero-order valence-corrected chi connectivity index (χ0v) is 15.5. The molecule has 0 atom stereocenters. The number of sulfone groups is 1. The van der Waals surface area contributed by atoms with Gasteiger partial charge >= 0.3 is 0 Å². The lowest BCUT2D eigenvalue weighted by Gasteiger charge is -2.08. The van der Waals surface area contributed by atoms with Gasteiger partial charge in [-0.2, -0.15) is 0 Å². The highest BCUT2D eigenvalue weighted by Gasteiger charge is 2.18. The van der Waals surface area contributed by atoms with Crippen molar-refractivity contribution in [3.05, 3.63) is 89.0 Å². The van der Waals surface area contributed by atoms with Gasteiger partial charge in [0.2, 0.25) is 0 Å². The molecule has 0 fully saturated rings. The van der Waals surface area contributed by atoms with E-state index in [0.717, 1.165) is 6.07 Å². The van der Waals surface area contributed by atoms with Gasteiger partial charge in [0.25, 0.3) is 5.91 Å². The highest BCUT2D eigenvalue weighted by molar-refractivity contribution is 7.90. The molecule has 2 aromatic carbocycles. The molecule has 0 radical (unpaired) electrons. The number of halogens is 2. The van der Waals surface area contributed by atoms with E-state index in [1.165, 1.54) is 36.5 Å². The molecule has 0 spiro atoms. The van der Waals surface area contributed by atoms with Crippen LogP contribution in [-0.2, 0) is 15.6 Å². The lowest BCUT2D eigenvalue weighted by atomic mass is 10.2. The number of hydrogen-bond acceptors (Lipinski definition) is 4. The Kier molecular flexibility index (Phi) is 5.53. The van der Waals surface area contributed by atoms with Crippen LogP contribution in [0.15, 0.2) is 71.8 Å². The van der Waals surface area contributed by atoms with Crippen molar-refractivity contribution in [2.45, 2.75) is 10.6 Å². The second-order valence-corrected chi connectivity index (χ2v) is 8.06. The average molecular weight is 405 g/mol. The summed E-state index contributed by atoms with van der Waals surface area (Å²) in [7, 11) is -3.61. The van der Waals surface area contributed by atoms with Gasteiger partial charge in [-0.15, -0.1) is 0 Å². The molecule has 0 aliphatic heterocycles. The molecular weight excluding hydrogens is 391 g/mol. The van der Waals surface area contributed by atoms with Crippen LogP contribution >= 0.6 is 11.6 Å². The summed E-state index contributed by atoms with van der Waals surface area (Å²) in [6, 6.07) is 14.8. The maximum absolute atomic E-state index is 13.6. The lowest BCUT2D eigenvalue weighted by molar-refractivity contribution is 0.101. The SMILES string of the molecule is O=C(Nc1ccc(S(=O)(=O)Cc2ccccc2Cl)cc1)c1ncccc1F. The molecule has 1 heterocycles. The summed E-state index contributed by atoms with van der Waals surface area (Å²) in [5, 5.41) is 2.86. The Morgan fingerprint density at radius 1 is 1.04 bits per heavy atom. The van der Waals surface area contributed by atoms with Gasteiger partial charge in [0.1, 0.15) is 0 Å². The van der Waals surface area contributed by atoms with Gasteiger partial charge in [-0.25, -0.2) is 17.8 Å². The minimum atomic E-state index is -3.61. The quantitative estimate of drug-likeness (QED) is 0.694. The third-order valence-corrected chi connectivity index (χ3v) is 5.80. The largest absolute Gasteiger partial charge is 0.321 e. The summed E-state index contributed by atoms with van der Waals surface area (Å²) in [5.41, 5.74) is 0.483. The van der Waals surface area contributed by atoms with Crippen LogP contribution in [0.4, 0.5) is 10.1 Å². The molecule has 0 aliphatic carbocycles. The molecular formula is C19H14ClFN2O3S. The molecule has 0 aliphatic rings. The van der Waals surface area contributed by atoms with Crippen molar-refractivity contribution in [2.75, 3.05) is 5.32 Å². The highest BCUT2D eigenvalue weighted by Crippen LogP contribution is 2.23. The van der Waals surface area contributed by atoms with Crippen molar-refractivity contribution >= 4 is 33.0 Å². The van der Waals surface area contributed by atoms with E-state index in [1.807, 2.05) is 0 Å². The number of anilines is 1. The number of amides is 1. The van der Waals surface area contributed by atoms with E-state index < -0.39 is 21.6 Å². The Labute approximate surface area is 160 Å². The second-order valence-electron chi connectivity index (χ2n) is 5.66. The maximum Gasteiger partial charge on any atom is 0.277 e. The molecule has 0 bridgehead atoms. The van der Waals surface area contributed by atoms with E-state index in [-0.39, 0.29) is 16.3 Å². The number of pyridine rings is 1. The monoisotopic (exact) mass is 404 g/mol. The number of nitrogens with zero attached hydrogens (tertiary/aromatic N) is 1. The minimum absolute atomic E-state index is 0.0874. The predicted octanol–water partition coefficient (Wildman–Crippen LogP) is 4.10. The van der Waals surface area contributed by atoms with Gasteiger partial charge in [-0.1, -0.05) is 29.8 Å². The number of hydrogen-bond donors (Lipinski definition) is 1. The van der Waals surface area contributed by atoms with Crippen molar-refractivity contribution in [2.24, 2.45) is 0 Å². The van der Waals surface area contributed by atoms with Crippen molar-refractivity contribution in [1.29, 1.82) is 0 Å². The summed E-state index contributed by atoms with van der Waals surface area (Å²) in [4.78, 5) is 15.8. The Balaban J connectivity index is 1.76. The molecule has 138 valence electrons. The first-order valence-corrected chi connectivity index (χ1v) is 9.88. The molecule has 1 N–H and O–H groups in total. The third kappa shape index (κ3) is 4.50. The van der Waals surface area contributed by atoms with Crippen molar-refractivity contribution in [1.82, 2.24) is 4.98 Å². The summed E-state index contributed by atoms with van der Waals surface area (Å²) in [6.07, 6.45) is 1.31. The third-order valence-electron chi connectivity index (χ3n) is 3.75. The summed E-state index contributed by atoms with van der Waals surface area (Å²) < 4.78 is 38.7. The van der Waals surface area contributed by atoms with Crippen LogP contribution in [0.2, 0.25) is 5.02 Å². The van der Waals surface area contributed by atoms with Gasteiger partial charge < -0.3 is 5.32 Å². The Hall–Kier alpha value is -2.77. The Morgan fingerprint density at radius 3 is 2.41 bits per heavy atom. The average Bonchev–Trinajstić information content (AvgIpc) is 2.64. The first-order chi connectivity index (χ1) is 12.9. The minimum Gasteiger partial charge on any atom is -0.321 e. The number of nitrogens with one attached hydrogen (secondary N) is 1. The molecule has 0 unspecified atom stereocenters. The zero-order chi connectivity index (χ0) is 19.4. The Morgan fingerprint density at radius 2 is 1.74 bits per heavy atom. The van der Waals surface area contributed by atoms with Crippen molar-refractivity contribution < 1.29 is 17.6 Å². The number of carbonyl (C=O) groups is 1. The van der Waals surface area contributed by atoms with Gasteiger partial charge in [-0.05, 0) is 48.0 Å². The first kappa shape index (κ1) is 19.0. The van der Waals surface area contributed by atoms with Crippen LogP contribution in [0.5, 0.6) is 0 Å². The molecule has 27 heavy (non-hydrogen) atoms. The van der Waals surface area contributed by atoms with E-state index in [2.05, 4.69) is 10.3 Å². The highest BCUT2D eigenvalue weighted by atomic mass is 35.5. The fourth-order valence-corrected chi connectivity index (χ4v) is 4.05. The zero-order valence-electron chi connectivity index (χ0n) is 13.9.